The fourth-order valence-corrected chi connectivity index (χ4v) is 8.30. The SMILES string of the molecule is CC(=O)O[C@H]1CC[C@@]2(C)C(=CC[C@H]3[C@@H]4C[C@@H]5NO[C@@H](C)[C@@H]5[C@@]4(C)CC[C@@H]32)C1. The molecule has 0 unspecified atom stereocenters. The summed E-state index contributed by atoms with van der Waals surface area (Å²) in [4.78, 5) is 17.2. The van der Waals surface area contributed by atoms with Crippen molar-refractivity contribution in [2.75, 3.05) is 0 Å². The van der Waals surface area contributed by atoms with E-state index in [9.17, 15) is 4.79 Å². The van der Waals surface area contributed by atoms with Gasteiger partial charge in [0.15, 0.2) is 0 Å². The third-order valence-electron chi connectivity index (χ3n) is 9.44. The Labute approximate surface area is 163 Å². The van der Waals surface area contributed by atoms with E-state index in [-0.39, 0.29) is 12.1 Å². The molecule has 4 aliphatic carbocycles. The van der Waals surface area contributed by atoms with Gasteiger partial charge in [-0.05, 0) is 74.0 Å². The van der Waals surface area contributed by atoms with Gasteiger partial charge in [-0.15, -0.1) is 0 Å². The predicted octanol–water partition coefficient (Wildman–Crippen LogP) is 4.40. The third-order valence-corrected chi connectivity index (χ3v) is 9.44. The third kappa shape index (κ3) is 2.51. The maximum absolute atomic E-state index is 11.4. The zero-order chi connectivity index (χ0) is 19.0. The van der Waals surface area contributed by atoms with E-state index in [1.54, 1.807) is 5.57 Å². The Kier molecular flexibility index (Phi) is 4.08. The van der Waals surface area contributed by atoms with Gasteiger partial charge in [-0.2, -0.15) is 5.48 Å². The zero-order valence-corrected chi connectivity index (χ0v) is 17.3. The molecule has 3 saturated carbocycles. The average Bonchev–Trinajstić information content (AvgIpc) is 3.12. The van der Waals surface area contributed by atoms with Crippen LogP contribution in [0.1, 0.15) is 72.6 Å². The highest BCUT2D eigenvalue weighted by molar-refractivity contribution is 5.66. The molecule has 0 aromatic carbocycles. The van der Waals surface area contributed by atoms with E-state index in [2.05, 4.69) is 32.3 Å². The van der Waals surface area contributed by atoms with Crippen LogP contribution in [0.15, 0.2) is 11.6 Å². The number of ether oxygens (including phenoxy) is 1. The van der Waals surface area contributed by atoms with Gasteiger partial charge in [0.1, 0.15) is 6.10 Å². The minimum absolute atomic E-state index is 0.0975. The number of carbonyl (C=O) groups is 1. The van der Waals surface area contributed by atoms with Crippen LogP contribution in [-0.2, 0) is 14.4 Å². The number of fused-ring (bicyclic) bond motifs is 7. The summed E-state index contributed by atoms with van der Waals surface area (Å²) in [7, 11) is 0. The second-order valence-corrected chi connectivity index (χ2v) is 10.6. The highest BCUT2D eigenvalue weighted by atomic mass is 16.7. The molecule has 0 aromatic heterocycles. The van der Waals surface area contributed by atoms with Crippen LogP contribution in [0.4, 0.5) is 0 Å². The largest absolute Gasteiger partial charge is 0.462 e. The molecular formula is C23H35NO3. The van der Waals surface area contributed by atoms with E-state index in [4.69, 9.17) is 9.57 Å². The molecule has 4 fully saturated rings. The standard InChI is InChI=1S/C23H35NO3/c1-13-21-20(24-27-13)12-19-17-6-5-15-11-16(26-14(2)25)7-9-22(15,3)18(17)8-10-23(19,21)4/h5,13,16-21,24H,6-12H2,1-4H3/t13-,16-,17+,18-,19-,20-,21-,22-,23-/m0/s1. The molecule has 0 bridgehead atoms. The smallest absolute Gasteiger partial charge is 0.302 e. The summed E-state index contributed by atoms with van der Waals surface area (Å²) >= 11 is 0. The quantitative estimate of drug-likeness (QED) is 0.547. The fourth-order valence-electron chi connectivity index (χ4n) is 8.30. The summed E-state index contributed by atoms with van der Waals surface area (Å²) in [5.41, 5.74) is 5.69. The van der Waals surface area contributed by atoms with Crippen molar-refractivity contribution in [3.05, 3.63) is 11.6 Å². The summed E-state index contributed by atoms with van der Waals surface area (Å²) in [6, 6.07) is 0.548. The number of carbonyl (C=O) groups excluding carboxylic acids is 1. The first-order valence-corrected chi connectivity index (χ1v) is 11.1. The van der Waals surface area contributed by atoms with Crippen molar-refractivity contribution >= 4 is 5.97 Å². The van der Waals surface area contributed by atoms with Crippen molar-refractivity contribution in [1.82, 2.24) is 5.48 Å². The van der Waals surface area contributed by atoms with Gasteiger partial charge in [-0.1, -0.05) is 25.5 Å². The van der Waals surface area contributed by atoms with E-state index in [0.717, 1.165) is 30.6 Å². The van der Waals surface area contributed by atoms with Gasteiger partial charge in [0, 0.05) is 25.3 Å². The summed E-state index contributed by atoms with van der Waals surface area (Å²) in [6.45, 7) is 8.87. The Hall–Kier alpha value is -0.870. The van der Waals surface area contributed by atoms with Gasteiger partial charge in [0.25, 0.3) is 0 Å². The van der Waals surface area contributed by atoms with Gasteiger partial charge in [-0.3, -0.25) is 9.63 Å². The average molecular weight is 374 g/mol. The van der Waals surface area contributed by atoms with Gasteiger partial charge in [0.2, 0.25) is 0 Å². The second-order valence-electron chi connectivity index (χ2n) is 10.6. The number of allylic oxidation sites excluding steroid dienone is 1. The molecule has 27 heavy (non-hydrogen) atoms. The monoisotopic (exact) mass is 373 g/mol. The maximum Gasteiger partial charge on any atom is 0.302 e. The van der Waals surface area contributed by atoms with Gasteiger partial charge in [-0.25, -0.2) is 0 Å². The molecule has 0 aromatic rings. The summed E-state index contributed by atoms with van der Waals surface area (Å²) in [5.74, 6) is 2.95. The van der Waals surface area contributed by atoms with E-state index in [0.29, 0.717) is 28.9 Å². The molecule has 0 amide bonds. The first-order valence-electron chi connectivity index (χ1n) is 11.1. The van der Waals surface area contributed by atoms with E-state index < -0.39 is 0 Å². The second kappa shape index (κ2) is 6.06. The lowest BCUT2D eigenvalue weighted by atomic mass is 9.47. The molecule has 9 atom stereocenters. The van der Waals surface area contributed by atoms with Crippen molar-refractivity contribution in [2.24, 2.45) is 34.5 Å². The minimum Gasteiger partial charge on any atom is -0.462 e. The van der Waals surface area contributed by atoms with Crippen LogP contribution < -0.4 is 5.48 Å². The Morgan fingerprint density at radius 1 is 1.26 bits per heavy atom. The Balaban J connectivity index is 1.41. The van der Waals surface area contributed by atoms with E-state index in [1.165, 1.54) is 39.0 Å². The lowest BCUT2D eigenvalue weighted by Crippen LogP contribution is -2.51. The normalized spacial score (nSPS) is 53.6. The van der Waals surface area contributed by atoms with Crippen LogP contribution in [0.3, 0.4) is 0 Å². The summed E-state index contributed by atoms with van der Waals surface area (Å²) < 4.78 is 5.57. The number of rotatable bonds is 1. The van der Waals surface area contributed by atoms with Crippen LogP contribution in [0.5, 0.6) is 0 Å². The molecule has 1 heterocycles. The minimum atomic E-state index is -0.132. The fraction of sp³-hybridized carbons (Fsp3) is 0.870. The van der Waals surface area contributed by atoms with Crippen molar-refractivity contribution in [3.63, 3.8) is 0 Å². The van der Waals surface area contributed by atoms with Crippen molar-refractivity contribution < 1.29 is 14.4 Å². The highest BCUT2D eigenvalue weighted by Gasteiger charge is 2.63. The van der Waals surface area contributed by atoms with Crippen molar-refractivity contribution in [3.8, 4) is 0 Å². The van der Waals surface area contributed by atoms with E-state index in [1.807, 2.05) is 0 Å². The van der Waals surface area contributed by atoms with Gasteiger partial charge < -0.3 is 4.74 Å². The van der Waals surface area contributed by atoms with Crippen molar-refractivity contribution in [1.29, 1.82) is 0 Å². The topological polar surface area (TPSA) is 47.6 Å². The molecule has 4 nitrogen and oxygen atoms in total. The molecule has 1 saturated heterocycles. The van der Waals surface area contributed by atoms with Crippen LogP contribution in [0, 0.1) is 34.5 Å². The molecule has 1 aliphatic heterocycles. The molecule has 5 aliphatic rings. The first-order chi connectivity index (χ1) is 12.8. The van der Waals surface area contributed by atoms with Gasteiger partial charge in [0.05, 0.1) is 6.10 Å². The highest BCUT2D eigenvalue weighted by Crippen LogP contribution is 2.67. The summed E-state index contributed by atoms with van der Waals surface area (Å²) in [5, 5.41) is 0. The van der Waals surface area contributed by atoms with Crippen LogP contribution >= 0.6 is 0 Å². The van der Waals surface area contributed by atoms with Crippen LogP contribution in [0.2, 0.25) is 0 Å². The van der Waals surface area contributed by atoms with E-state index >= 15 is 0 Å². The molecule has 1 N–H and O–H groups in total. The van der Waals surface area contributed by atoms with Crippen molar-refractivity contribution in [2.45, 2.75) is 90.9 Å². The molecule has 0 spiro atoms. The number of hydrogen-bond acceptors (Lipinski definition) is 4. The number of hydrogen-bond donors (Lipinski definition) is 1. The predicted molar refractivity (Wildman–Crippen MR) is 104 cm³/mol. The lowest BCUT2D eigenvalue weighted by molar-refractivity contribution is -0.148. The lowest BCUT2D eigenvalue weighted by Gasteiger charge is -2.58. The summed E-state index contributed by atoms with van der Waals surface area (Å²) in [6.07, 6.45) is 11.3. The van der Waals surface area contributed by atoms with Gasteiger partial charge >= 0.3 is 5.97 Å². The molecule has 4 heteroatoms. The number of nitrogens with one attached hydrogen (secondary N) is 1. The molecule has 150 valence electrons. The number of esters is 1. The maximum atomic E-state index is 11.4. The Morgan fingerprint density at radius 2 is 2.07 bits per heavy atom. The zero-order valence-electron chi connectivity index (χ0n) is 17.3. The first kappa shape index (κ1) is 18.2. The van der Waals surface area contributed by atoms with Crippen LogP contribution in [0.25, 0.3) is 0 Å². The molecule has 5 rings (SSSR count). The number of hydroxylamine groups is 1. The molecule has 0 radical (unpaired) electrons. The molecular weight excluding hydrogens is 338 g/mol. The Morgan fingerprint density at radius 3 is 2.85 bits per heavy atom. The van der Waals surface area contributed by atoms with Crippen LogP contribution in [-0.4, -0.2) is 24.2 Å². The Bertz CT molecular complexity index is 675.